The van der Waals surface area contributed by atoms with E-state index in [9.17, 15) is 9.90 Å². The molecule has 0 spiro atoms. The van der Waals surface area contributed by atoms with Crippen LogP contribution < -0.4 is 4.74 Å². The van der Waals surface area contributed by atoms with Crippen molar-refractivity contribution in [1.29, 1.82) is 0 Å². The molecule has 2 aliphatic heterocycles. The summed E-state index contributed by atoms with van der Waals surface area (Å²) in [6, 6.07) is 13.5. The van der Waals surface area contributed by atoms with Crippen LogP contribution in [0.2, 0.25) is 0 Å². The van der Waals surface area contributed by atoms with Gasteiger partial charge < -0.3 is 19.8 Å². The lowest BCUT2D eigenvalue weighted by atomic mass is 10.1. The monoisotopic (exact) mass is 477 g/mol. The van der Waals surface area contributed by atoms with Gasteiger partial charge in [0.25, 0.3) is 5.91 Å². The van der Waals surface area contributed by atoms with Crippen molar-refractivity contribution in [1.82, 2.24) is 14.7 Å². The van der Waals surface area contributed by atoms with Crippen LogP contribution in [0.1, 0.15) is 40.9 Å². The molecule has 7 nitrogen and oxygen atoms in total. The number of hydrogen-bond acceptors (Lipinski definition) is 6. The third-order valence-electron chi connectivity index (χ3n) is 6.32. The standard InChI is InChI=1S/C28H35N3O4/c1-28(2,34)10-9-22-3-6-24(7-4-22)27(33)31-16-18-35-26-8-5-23(19-25(26)21-31)20-30-13-11-29(12-14-30)15-17-32/h3-8,19,32,34H,11-18,20-21H2,1-2H3. The molecule has 0 atom stereocenters. The van der Waals surface area contributed by atoms with Gasteiger partial charge in [-0.05, 0) is 55.8 Å². The molecule has 35 heavy (non-hydrogen) atoms. The number of aliphatic hydroxyl groups is 2. The highest BCUT2D eigenvalue weighted by Crippen LogP contribution is 2.26. The third kappa shape index (κ3) is 7.06. The quantitative estimate of drug-likeness (QED) is 0.642. The van der Waals surface area contributed by atoms with Crippen LogP contribution in [0.3, 0.4) is 0 Å². The third-order valence-corrected chi connectivity index (χ3v) is 6.32. The molecule has 2 aromatic carbocycles. The Hall–Kier alpha value is -2.89. The summed E-state index contributed by atoms with van der Waals surface area (Å²) in [5.74, 6) is 6.54. The van der Waals surface area contributed by atoms with E-state index in [4.69, 9.17) is 9.84 Å². The number of ether oxygens (including phenoxy) is 1. The lowest BCUT2D eigenvalue weighted by Crippen LogP contribution is -2.46. The highest BCUT2D eigenvalue weighted by molar-refractivity contribution is 5.94. The van der Waals surface area contributed by atoms with E-state index in [0.717, 1.165) is 56.1 Å². The molecule has 0 saturated carbocycles. The molecule has 1 amide bonds. The number of piperazine rings is 1. The molecule has 0 aromatic heterocycles. The second kappa shape index (κ2) is 11.2. The minimum atomic E-state index is -1.05. The number of amides is 1. The zero-order valence-electron chi connectivity index (χ0n) is 20.7. The second-order valence-electron chi connectivity index (χ2n) is 9.75. The van der Waals surface area contributed by atoms with Crippen LogP contribution in [0.25, 0.3) is 0 Å². The molecule has 2 aliphatic rings. The Balaban J connectivity index is 1.41. The Morgan fingerprint density at radius 1 is 1.03 bits per heavy atom. The maximum Gasteiger partial charge on any atom is 0.254 e. The highest BCUT2D eigenvalue weighted by Gasteiger charge is 2.22. The predicted octanol–water partition coefficient (Wildman–Crippen LogP) is 1.95. The summed E-state index contributed by atoms with van der Waals surface area (Å²) >= 11 is 0. The summed E-state index contributed by atoms with van der Waals surface area (Å²) in [6.07, 6.45) is 0. The number of carbonyl (C=O) groups is 1. The molecule has 0 unspecified atom stereocenters. The first-order valence-electron chi connectivity index (χ1n) is 12.3. The summed E-state index contributed by atoms with van der Waals surface area (Å²) in [4.78, 5) is 19.8. The summed E-state index contributed by atoms with van der Waals surface area (Å²) in [7, 11) is 0. The molecular weight excluding hydrogens is 442 g/mol. The Bertz CT molecular complexity index is 1070. The highest BCUT2D eigenvalue weighted by atomic mass is 16.5. The van der Waals surface area contributed by atoms with Crippen molar-refractivity contribution in [3.63, 3.8) is 0 Å². The first-order valence-corrected chi connectivity index (χ1v) is 12.3. The van der Waals surface area contributed by atoms with Crippen LogP contribution in [0.4, 0.5) is 0 Å². The average Bonchev–Trinajstić information content (AvgIpc) is 3.06. The topological polar surface area (TPSA) is 76.5 Å². The van der Waals surface area contributed by atoms with E-state index in [0.29, 0.717) is 25.3 Å². The van der Waals surface area contributed by atoms with E-state index in [-0.39, 0.29) is 12.5 Å². The smallest absolute Gasteiger partial charge is 0.254 e. The molecule has 2 heterocycles. The fourth-order valence-electron chi connectivity index (χ4n) is 4.39. The minimum absolute atomic E-state index is 0.0335. The van der Waals surface area contributed by atoms with Crippen molar-refractivity contribution in [2.45, 2.75) is 32.5 Å². The van der Waals surface area contributed by atoms with Crippen LogP contribution in [0, 0.1) is 11.8 Å². The van der Waals surface area contributed by atoms with Crippen LogP contribution in [-0.4, -0.2) is 88.9 Å². The molecule has 2 N–H and O–H groups in total. The normalized spacial score (nSPS) is 17.1. The van der Waals surface area contributed by atoms with Gasteiger partial charge in [0.05, 0.1) is 13.2 Å². The van der Waals surface area contributed by atoms with Gasteiger partial charge in [-0.3, -0.25) is 14.6 Å². The molecular formula is C28H35N3O4. The van der Waals surface area contributed by atoms with Crippen molar-refractivity contribution in [2.24, 2.45) is 0 Å². The SMILES string of the molecule is CC(C)(O)C#Cc1ccc(C(=O)N2CCOc3ccc(CN4CCN(CCO)CC4)cc3C2)cc1. The number of benzene rings is 2. The lowest BCUT2D eigenvalue weighted by Gasteiger charge is -2.34. The second-order valence-corrected chi connectivity index (χ2v) is 9.75. The number of carbonyl (C=O) groups excluding carboxylic acids is 1. The molecule has 1 fully saturated rings. The number of β-amino-alcohol motifs (C(OH)–C–C–N with tert-alkyl or cyclic N) is 1. The summed E-state index contributed by atoms with van der Waals surface area (Å²) in [5, 5.41) is 18.9. The van der Waals surface area contributed by atoms with Gasteiger partial charge in [-0.25, -0.2) is 0 Å². The van der Waals surface area contributed by atoms with Gasteiger partial charge in [0.1, 0.15) is 18.0 Å². The fraction of sp³-hybridized carbons (Fsp3) is 0.464. The van der Waals surface area contributed by atoms with E-state index in [2.05, 4.69) is 33.8 Å². The van der Waals surface area contributed by atoms with Gasteiger partial charge in [-0.15, -0.1) is 0 Å². The molecule has 186 valence electrons. The maximum absolute atomic E-state index is 13.2. The summed E-state index contributed by atoms with van der Waals surface area (Å²) in [6.45, 7) is 10.5. The van der Waals surface area contributed by atoms with Crippen molar-refractivity contribution in [3.05, 3.63) is 64.7 Å². The Kier molecular flexibility index (Phi) is 8.09. The Morgan fingerprint density at radius 3 is 2.43 bits per heavy atom. The van der Waals surface area contributed by atoms with E-state index in [1.54, 1.807) is 26.0 Å². The predicted molar refractivity (Wildman–Crippen MR) is 135 cm³/mol. The molecule has 1 saturated heterocycles. The number of fused-ring (bicyclic) bond motifs is 1. The molecule has 2 aromatic rings. The van der Waals surface area contributed by atoms with Crippen molar-refractivity contribution in [3.8, 4) is 17.6 Å². The summed E-state index contributed by atoms with van der Waals surface area (Å²) < 4.78 is 5.95. The van der Waals surface area contributed by atoms with Gasteiger partial charge in [0.2, 0.25) is 0 Å². The number of nitrogens with zero attached hydrogens (tertiary/aromatic N) is 3. The summed E-state index contributed by atoms with van der Waals surface area (Å²) in [5.41, 5.74) is 2.56. The van der Waals surface area contributed by atoms with E-state index < -0.39 is 5.60 Å². The van der Waals surface area contributed by atoms with Gasteiger partial charge in [0, 0.05) is 62.5 Å². The molecule has 0 radical (unpaired) electrons. The van der Waals surface area contributed by atoms with E-state index in [1.165, 1.54) is 5.56 Å². The van der Waals surface area contributed by atoms with Crippen LogP contribution in [0.15, 0.2) is 42.5 Å². The first-order chi connectivity index (χ1) is 16.8. The minimum Gasteiger partial charge on any atom is -0.491 e. The van der Waals surface area contributed by atoms with Gasteiger partial charge in [-0.2, -0.15) is 0 Å². The van der Waals surface area contributed by atoms with Crippen LogP contribution >= 0.6 is 0 Å². The van der Waals surface area contributed by atoms with Gasteiger partial charge in [-0.1, -0.05) is 17.9 Å². The van der Waals surface area contributed by atoms with E-state index in [1.807, 2.05) is 23.1 Å². The van der Waals surface area contributed by atoms with Gasteiger partial charge >= 0.3 is 0 Å². The average molecular weight is 478 g/mol. The van der Waals surface area contributed by atoms with Crippen LogP contribution in [-0.2, 0) is 13.1 Å². The van der Waals surface area contributed by atoms with Crippen LogP contribution in [0.5, 0.6) is 5.75 Å². The van der Waals surface area contributed by atoms with Gasteiger partial charge in [0.15, 0.2) is 0 Å². The van der Waals surface area contributed by atoms with Crippen molar-refractivity contribution >= 4 is 5.91 Å². The fourth-order valence-corrected chi connectivity index (χ4v) is 4.39. The zero-order chi connectivity index (χ0) is 24.8. The van der Waals surface area contributed by atoms with Crippen molar-refractivity contribution < 1.29 is 19.7 Å². The largest absolute Gasteiger partial charge is 0.491 e. The Labute approximate surface area is 207 Å². The molecule has 7 heteroatoms. The van der Waals surface area contributed by atoms with Crippen molar-refractivity contribution in [2.75, 3.05) is 52.5 Å². The van der Waals surface area contributed by atoms with E-state index >= 15 is 0 Å². The number of hydrogen-bond donors (Lipinski definition) is 2. The lowest BCUT2D eigenvalue weighted by molar-refractivity contribution is 0.0733. The molecule has 0 bridgehead atoms. The number of rotatable bonds is 5. The maximum atomic E-state index is 13.2. The Morgan fingerprint density at radius 2 is 1.74 bits per heavy atom. The first kappa shape index (κ1) is 25.2. The zero-order valence-corrected chi connectivity index (χ0v) is 20.7. The molecule has 0 aliphatic carbocycles. The molecule has 4 rings (SSSR count). The number of aliphatic hydroxyl groups excluding tert-OH is 1.